The van der Waals surface area contributed by atoms with Gasteiger partial charge < -0.3 is 30.2 Å². The molecule has 0 aliphatic heterocycles. The van der Waals surface area contributed by atoms with Crippen LogP contribution in [0.3, 0.4) is 0 Å². The molecule has 0 heterocycles. The van der Waals surface area contributed by atoms with Crippen LogP contribution in [0.5, 0.6) is 0 Å². The quantitative estimate of drug-likeness (QED) is 0.400. The maximum absolute atomic E-state index is 11.0. The lowest BCUT2D eigenvalue weighted by Crippen LogP contribution is -2.39. The zero-order valence-electron chi connectivity index (χ0n) is 9.15. The molecule has 0 aromatic carbocycles. The Morgan fingerprint density at radius 3 is 1.75 bits per heavy atom. The summed E-state index contributed by atoms with van der Waals surface area (Å²) in [4.78, 5) is 37.4. The molecule has 6 N–H and O–H groups in total. The predicted molar refractivity (Wildman–Crippen MR) is 58.8 cm³/mol. The van der Waals surface area contributed by atoms with Crippen molar-refractivity contribution in [1.29, 1.82) is 0 Å². The van der Waals surface area contributed by atoms with Gasteiger partial charge in [-0.2, -0.15) is 0 Å². The fraction of sp³-hybridized carbons (Fsp3) is 1.00. The number of nitrogens with two attached hydrogens (primary N) is 1. The Balaban J connectivity index is 4.86. The topological polar surface area (TPSA) is 144 Å². The molecule has 0 aromatic rings. The highest BCUT2D eigenvalue weighted by atomic mass is 31.2. The van der Waals surface area contributed by atoms with Crippen molar-refractivity contribution in [2.45, 2.75) is 17.9 Å². The van der Waals surface area contributed by atoms with E-state index in [0.717, 1.165) is 0 Å². The monoisotopic (exact) mass is 276 g/mol. The molecular formula is C6H18N2O6P2. The highest BCUT2D eigenvalue weighted by molar-refractivity contribution is 7.72. The van der Waals surface area contributed by atoms with Crippen LogP contribution in [0, 0.1) is 0 Å². The minimum atomic E-state index is -5.07. The number of rotatable bonds is 6. The Bertz CT molecular complexity index is 299. The van der Waals surface area contributed by atoms with E-state index in [1.165, 1.54) is 0 Å². The van der Waals surface area contributed by atoms with E-state index in [-0.39, 0.29) is 6.42 Å². The zero-order chi connectivity index (χ0) is 13.2. The summed E-state index contributed by atoms with van der Waals surface area (Å²) in [6, 6.07) is 0. The van der Waals surface area contributed by atoms with E-state index < -0.39 is 26.6 Å². The third-order valence-electron chi connectivity index (χ3n) is 2.16. The highest BCUT2D eigenvalue weighted by Crippen LogP contribution is 2.67. The summed E-state index contributed by atoms with van der Waals surface area (Å²) in [6.45, 7) is 0.430. The van der Waals surface area contributed by atoms with Crippen LogP contribution in [0.2, 0.25) is 0 Å². The van der Waals surface area contributed by atoms with Crippen molar-refractivity contribution >= 4 is 15.2 Å². The molecule has 0 aromatic heterocycles. The normalized spacial score (nSPS) is 14.5. The minimum Gasteiger partial charge on any atom is -0.323 e. The van der Waals surface area contributed by atoms with Gasteiger partial charge in [-0.05, 0) is 33.5 Å². The summed E-state index contributed by atoms with van der Waals surface area (Å²) in [5.41, 5.74) is 5.19. The molecule has 0 spiro atoms. The second kappa shape index (κ2) is 5.25. The summed E-state index contributed by atoms with van der Waals surface area (Å²) in [6.07, 6.45) is -0.264. The van der Waals surface area contributed by atoms with E-state index >= 15 is 0 Å². The van der Waals surface area contributed by atoms with Gasteiger partial charge in [0.1, 0.15) is 0 Å². The van der Waals surface area contributed by atoms with Crippen molar-refractivity contribution in [3.05, 3.63) is 0 Å². The third kappa shape index (κ3) is 3.91. The van der Waals surface area contributed by atoms with Crippen molar-refractivity contribution in [3.8, 4) is 0 Å². The molecule has 0 atom stereocenters. The standard InChI is InChI=1S/C6H18N2O6P2/c1-8(2)5-3-4-6(7,15(9,10)11)16(12,13)14/h3-5,7H2,1-2H3,(H2,9,10,11)(H2,12,13,14). The first-order chi connectivity index (χ1) is 6.92. The van der Waals surface area contributed by atoms with E-state index in [2.05, 4.69) is 0 Å². The first kappa shape index (κ1) is 16.2. The van der Waals surface area contributed by atoms with Crippen molar-refractivity contribution in [3.63, 3.8) is 0 Å². The Morgan fingerprint density at radius 2 is 1.50 bits per heavy atom. The van der Waals surface area contributed by atoms with E-state index in [4.69, 9.17) is 25.3 Å². The van der Waals surface area contributed by atoms with E-state index in [9.17, 15) is 9.13 Å². The summed E-state index contributed by atoms with van der Waals surface area (Å²) < 4.78 is 22.1. The van der Waals surface area contributed by atoms with Crippen molar-refractivity contribution in [2.24, 2.45) is 5.73 Å². The fourth-order valence-corrected chi connectivity index (χ4v) is 3.37. The summed E-state index contributed by atoms with van der Waals surface area (Å²) >= 11 is 0. The highest BCUT2D eigenvalue weighted by Gasteiger charge is 2.56. The van der Waals surface area contributed by atoms with E-state index in [1.54, 1.807) is 19.0 Å². The summed E-state index contributed by atoms with van der Waals surface area (Å²) in [5.74, 6) is 0. The Labute approximate surface area is 93.8 Å². The number of hydrogen-bond donors (Lipinski definition) is 5. The number of nitrogens with zero attached hydrogens (tertiary/aromatic N) is 1. The van der Waals surface area contributed by atoms with Gasteiger partial charge in [-0.1, -0.05) is 0 Å². The lowest BCUT2D eigenvalue weighted by molar-refractivity contribution is 0.294. The largest absolute Gasteiger partial charge is 0.357 e. The SMILES string of the molecule is CN(C)CCCC(N)(P(=O)(O)O)P(=O)(O)O. The molecule has 0 rings (SSSR count). The molecular weight excluding hydrogens is 258 g/mol. The van der Waals surface area contributed by atoms with Gasteiger partial charge in [-0.15, -0.1) is 0 Å². The lowest BCUT2D eigenvalue weighted by Gasteiger charge is -2.30. The van der Waals surface area contributed by atoms with Gasteiger partial charge in [-0.25, -0.2) is 0 Å². The summed E-state index contributed by atoms with van der Waals surface area (Å²) in [7, 11) is -6.69. The van der Waals surface area contributed by atoms with Crippen molar-refractivity contribution in [2.75, 3.05) is 20.6 Å². The molecule has 0 aliphatic rings. The molecule has 98 valence electrons. The molecule has 0 amide bonds. The second-order valence-corrected chi connectivity index (χ2v) is 8.00. The average Bonchev–Trinajstić information content (AvgIpc) is 1.98. The van der Waals surface area contributed by atoms with Gasteiger partial charge in [0, 0.05) is 0 Å². The Kier molecular flexibility index (Phi) is 5.32. The summed E-state index contributed by atoms with van der Waals surface area (Å²) in [5, 5.41) is -2.78. The molecule has 0 aliphatic carbocycles. The molecule has 0 saturated carbocycles. The molecule has 0 saturated heterocycles. The predicted octanol–water partition coefficient (Wildman–Crippen LogP) is -0.704. The van der Waals surface area contributed by atoms with Crippen LogP contribution in [0.15, 0.2) is 0 Å². The van der Waals surface area contributed by atoms with E-state index in [0.29, 0.717) is 6.54 Å². The molecule has 0 radical (unpaired) electrons. The van der Waals surface area contributed by atoms with Crippen LogP contribution in [-0.2, 0) is 9.13 Å². The number of hydrogen-bond acceptors (Lipinski definition) is 4. The zero-order valence-corrected chi connectivity index (χ0v) is 10.9. The molecule has 10 heteroatoms. The van der Waals surface area contributed by atoms with Crippen LogP contribution in [-0.4, -0.2) is 50.1 Å². The molecule has 0 unspecified atom stereocenters. The first-order valence-corrected chi connectivity index (χ1v) is 7.69. The average molecular weight is 276 g/mol. The van der Waals surface area contributed by atoms with Gasteiger partial charge in [-0.3, -0.25) is 9.13 Å². The van der Waals surface area contributed by atoms with Gasteiger partial charge in [0.2, 0.25) is 5.02 Å². The van der Waals surface area contributed by atoms with Crippen molar-refractivity contribution in [1.82, 2.24) is 4.90 Å². The smallest absolute Gasteiger partial charge is 0.323 e. The van der Waals surface area contributed by atoms with Gasteiger partial charge >= 0.3 is 15.2 Å². The fourth-order valence-electron chi connectivity index (χ4n) is 1.12. The second-order valence-electron chi connectivity index (χ2n) is 3.87. The molecule has 0 bridgehead atoms. The van der Waals surface area contributed by atoms with Gasteiger partial charge in [0.15, 0.2) is 0 Å². The minimum absolute atomic E-state index is 0.180. The van der Waals surface area contributed by atoms with Crippen LogP contribution in [0.25, 0.3) is 0 Å². The van der Waals surface area contributed by atoms with Crippen molar-refractivity contribution < 1.29 is 28.7 Å². The molecule has 0 fully saturated rings. The maximum atomic E-state index is 11.0. The Morgan fingerprint density at radius 1 is 1.12 bits per heavy atom. The lowest BCUT2D eigenvalue weighted by atomic mass is 10.3. The third-order valence-corrected chi connectivity index (χ3v) is 6.19. The van der Waals surface area contributed by atoms with E-state index in [1.807, 2.05) is 0 Å². The van der Waals surface area contributed by atoms with Gasteiger partial charge in [0.25, 0.3) is 0 Å². The maximum Gasteiger partial charge on any atom is 0.357 e. The molecule has 8 nitrogen and oxygen atoms in total. The van der Waals surface area contributed by atoms with Crippen LogP contribution in [0.1, 0.15) is 12.8 Å². The Hall–Kier alpha value is 0.220. The van der Waals surface area contributed by atoms with Crippen LogP contribution >= 0.6 is 15.2 Å². The van der Waals surface area contributed by atoms with Gasteiger partial charge in [0.05, 0.1) is 0 Å². The first-order valence-electron chi connectivity index (χ1n) is 4.47. The molecule has 16 heavy (non-hydrogen) atoms. The van der Waals surface area contributed by atoms with Crippen LogP contribution < -0.4 is 5.73 Å². The van der Waals surface area contributed by atoms with Crippen LogP contribution in [0.4, 0.5) is 0 Å².